The summed E-state index contributed by atoms with van der Waals surface area (Å²) < 4.78 is 0. The molecule has 100 valence electrons. The molecule has 2 aromatic carbocycles. The van der Waals surface area contributed by atoms with E-state index in [2.05, 4.69) is 10.3 Å². The summed E-state index contributed by atoms with van der Waals surface area (Å²) in [6, 6.07) is 19.5. The van der Waals surface area contributed by atoms with Gasteiger partial charge in [-0.3, -0.25) is 0 Å². The van der Waals surface area contributed by atoms with E-state index in [9.17, 15) is 5.11 Å². The van der Waals surface area contributed by atoms with Crippen molar-refractivity contribution < 1.29 is 10.1 Å². The minimum absolute atomic E-state index is 0.153. The maximum atomic E-state index is 9.67. The molecule has 0 saturated heterocycles. The largest absolute Gasteiger partial charge is 0.503 e. The van der Waals surface area contributed by atoms with E-state index >= 15 is 0 Å². The van der Waals surface area contributed by atoms with Crippen LogP contribution in [-0.2, 0) is 0 Å². The maximum Gasteiger partial charge on any atom is 0.209 e. The third kappa shape index (κ3) is 4.82. The van der Waals surface area contributed by atoms with Crippen molar-refractivity contribution in [2.45, 2.75) is 0 Å². The van der Waals surface area contributed by atoms with Crippen LogP contribution in [0.2, 0.25) is 0 Å². The van der Waals surface area contributed by atoms with Gasteiger partial charge in [-0.25, -0.2) is 4.99 Å². The smallest absolute Gasteiger partial charge is 0.209 e. The van der Waals surface area contributed by atoms with Crippen molar-refractivity contribution in [3.05, 3.63) is 84.8 Å². The van der Waals surface area contributed by atoms with Gasteiger partial charge in [-0.15, -0.1) is 0 Å². The van der Waals surface area contributed by atoms with Crippen molar-refractivity contribution in [1.82, 2.24) is 0 Å². The van der Waals surface area contributed by atoms with Gasteiger partial charge in [0.25, 0.3) is 0 Å². The van der Waals surface area contributed by atoms with Crippen molar-refractivity contribution >= 4 is 17.6 Å². The van der Waals surface area contributed by atoms with E-state index in [0.29, 0.717) is 0 Å². The van der Waals surface area contributed by atoms with E-state index in [1.54, 1.807) is 24.6 Å². The number of allylic oxidation sites excluding steroid dienone is 3. The van der Waals surface area contributed by atoms with Crippen LogP contribution in [0.25, 0.3) is 0 Å². The molecule has 0 radical (unpaired) electrons. The van der Waals surface area contributed by atoms with E-state index in [1.165, 1.54) is 0 Å². The fraction of sp³-hybridized carbons (Fsp3) is 0. The van der Waals surface area contributed by atoms with Gasteiger partial charge in [-0.1, -0.05) is 36.4 Å². The molecule has 0 bridgehead atoms. The third-order valence-corrected chi connectivity index (χ3v) is 2.55. The number of aliphatic hydroxyl groups excluding tert-OH is 1. The summed E-state index contributed by atoms with van der Waals surface area (Å²) in [6.07, 6.45) is 6.65. The Hall–Kier alpha value is -2.81. The molecule has 0 saturated carbocycles. The first-order chi connectivity index (χ1) is 9.84. The minimum Gasteiger partial charge on any atom is -0.503 e. The van der Waals surface area contributed by atoms with Crippen molar-refractivity contribution in [3.63, 3.8) is 0 Å². The Balaban J connectivity index is 1.86. The van der Waals surface area contributed by atoms with Gasteiger partial charge in [0.05, 0.1) is 0 Å². The Kier molecular flexibility index (Phi) is 5.17. The van der Waals surface area contributed by atoms with Gasteiger partial charge in [0.15, 0.2) is 5.76 Å². The van der Waals surface area contributed by atoms with Crippen LogP contribution in [0.15, 0.2) is 84.8 Å². The topological polar surface area (TPSA) is 46.2 Å². The Morgan fingerprint density at radius 3 is 2.30 bits per heavy atom. The van der Waals surface area contributed by atoms with E-state index in [-0.39, 0.29) is 5.76 Å². The first-order valence-corrected chi connectivity index (χ1v) is 6.37. The van der Waals surface area contributed by atoms with Crippen molar-refractivity contribution in [1.29, 1.82) is 0 Å². The highest BCUT2D eigenvalue weighted by Gasteiger charge is 1.93. The summed E-state index contributed by atoms with van der Waals surface area (Å²) in [5.74, 6) is 0.153. The molecule has 3 nitrogen and oxygen atoms in total. The summed E-state index contributed by atoms with van der Waals surface area (Å²) in [5, 5.41) is 12.8. The Morgan fingerprint density at radius 2 is 1.60 bits per heavy atom. The molecule has 0 unspecified atom stereocenters. The highest BCUT2D eigenvalue weighted by molar-refractivity contribution is 5.71. The summed E-state index contributed by atoms with van der Waals surface area (Å²) in [7, 11) is 0. The molecule has 3 heteroatoms. The first kappa shape index (κ1) is 13.6. The van der Waals surface area contributed by atoms with Crippen LogP contribution in [0.1, 0.15) is 0 Å². The second-order valence-electron chi connectivity index (χ2n) is 4.12. The predicted molar refractivity (Wildman–Crippen MR) is 83.0 cm³/mol. The van der Waals surface area contributed by atoms with Gasteiger partial charge < -0.3 is 10.4 Å². The zero-order chi connectivity index (χ0) is 14.0. The number of aliphatic hydroxyl groups is 1. The average molecular weight is 265 g/mol. The van der Waals surface area contributed by atoms with Gasteiger partial charge in [-0.2, -0.15) is 0 Å². The molecule has 0 amide bonds. The fourth-order valence-electron chi connectivity index (χ4n) is 1.57. The van der Waals surface area contributed by atoms with Crippen LogP contribution in [0.3, 0.4) is 0 Å². The lowest BCUT2D eigenvalue weighted by Gasteiger charge is -1.97. The summed E-state index contributed by atoms with van der Waals surface area (Å²) in [5.41, 5.74) is 1.93. The van der Waals surface area contributed by atoms with Crippen molar-refractivity contribution in [3.8, 4) is 0 Å². The molecule has 0 aliphatic heterocycles. The molecule has 0 atom stereocenters. The Morgan fingerprint density at radius 1 is 0.950 bits per heavy atom. The lowest BCUT2D eigenvalue weighted by molar-refractivity contribution is -0.348. The Bertz CT molecular complexity index is 601. The van der Waals surface area contributed by atoms with Gasteiger partial charge in [0.1, 0.15) is 0 Å². The molecule has 0 spiro atoms. The second kappa shape index (κ2) is 7.59. The van der Waals surface area contributed by atoms with Crippen LogP contribution in [0, 0.1) is 0 Å². The van der Waals surface area contributed by atoms with Crippen LogP contribution >= 0.6 is 0 Å². The normalized spacial score (nSPS) is 12.1. The molecule has 3 N–H and O–H groups in total. The number of benzene rings is 2. The maximum absolute atomic E-state index is 9.67. The highest BCUT2D eigenvalue weighted by Crippen LogP contribution is 2.04. The average Bonchev–Trinajstić information content (AvgIpc) is 2.52. The molecule has 2 rings (SSSR count). The quantitative estimate of drug-likeness (QED) is 0.442. The molecule has 2 aromatic rings. The summed E-state index contributed by atoms with van der Waals surface area (Å²) in [6.45, 7) is 0. The van der Waals surface area contributed by atoms with Crippen LogP contribution in [0.5, 0.6) is 0 Å². The van der Waals surface area contributed by atoms with Gasteiger partial charge in [-0.05, 0) is 24.3 Å². The molecule has 0 heterocycles. The molecule has 20 heavy (non-hydrogen) atoms. The van der Waals surface area contributed by atoms with Crippen LogP contribution < -0.4 is 10.3 Å². The molecule has 0 aromatic heterocycles. The molecule has 0 aliphatic carbocycles. The van der Waals surface area contributed by atoms with E-state index in [0.717, 1.165) is 11.4 Å². The fourth-order valence-corrected chi connectivity index (χ4v) is 1.57. The van der Waals surface area contributed by atoms with Crippen LogP contribution in [0.4, 0.5) is 11.4 Å². The third-order valence-electron chi connectivity index (χ3n) is 2.55. The zero-order valence-corrected chi connectivity index (χ0v) is 11.0. The summed E-state index contributed by atoms with van der Waals surface area (Å²) in [4.78, 5) is 3.01. The molecular weight excluding hydrogens is 248 g/mol. The second-order valence-corrected chi connectivity index (χ2v) is 4.12. The predicted octanol–water partition coefficient (Wildman–Crippen LogP) is 2.54. The van der Waals surface area contributed by atoms with E-state index in [4.69, 9.17) is 0 Å². The number of para-hydroxylation sites is 2. The number of rotatable bonds is 5. The number of nitrogens with one attached hydrogen (secondary N) is 2. The number of anilines is 1. The Labute approximate surface area is 118 Å². The number of hydrogen-bond acceptors (Lipinski definition) is 2. The van der Waals surface area contributed by atoms with Crippen molar-refractivity contribution in [2.75, 3.05) is 5.32 Å². The monoisotopic (exact) mass is 265 g/mol. The van der Waals surface area contributed by atoms with Gasteiger partial charge in [0.2, 0.25) is 11.9 Å². The zero-order valence-electron chi connectivity index (χ0n) is 11.0. The van der Waals surface area contributed by atoms with Crippen molar-refractivity contribution in [2.24, 2.45) is 0 Å². The van der Waals surface area contributed by atoms with E-state index < -0.39 is 0 Å². The SMILES string of the molecule is OC(C=[NH+]c1ccccc1)=CC=CNc1ccccc1. The lowest BCUT2D eigenvalue weighted by atomic mass is 10.3. The highest BCUT2D eigenvalue weighted by atomic mass is 16.3. The van der Waals surface area contributed by atoms with E-state index in [1.807, 2.05) is 60.7 Å². The molecular formula is C17H17N2O+. The standard InChI is InChI=1S/C17H16N2O/c20-17(14-19-16-10-5-2-6-11-16)12-7-13-18-15-8-3-1-4-9-15/h1-14,18,20H/p+1. The minimum atomic E-state index is 0.153. The van der Waals surface area contributed by atoms with Gasteiger partial charge >= 0.3 is 0 Å². The summed E-state index contributed by atoms with van der Waals surface area (Å²) >= 11 is 0. The van der Waals surface area contributed by atoms with Crippen LogP contribution in [-0.4, -0.2) is 11.3 Å². The molecule has 0 fully saturated rings. The first-order valence-electron chi connectivity index (χ1n) is 6.37. The lowest BCUT2D eigenvalue weighted by Crippen LogP contribution is -2.61. The number of hydrogen-bond donors (Lipinski definition) is 3. The van der Waals surface area contributed by atoms with Gasteiger partial charge in [0, 0.05) is 24.0 Å². The molecule has 0 aliphatic rings.